The third kappa shape index (κ3) is 4.73. The summed E-state index contributed by atoms with van der Waals surface area (Å²) < 4.78 is 15.8. The number of aryl methyl sites for hydroxylation is 1. The van der Waals surface area contributed by atoms with E-state index in [1.807, 2.05) is 25.1 Å². The highest BCUT2D eigenvalue weighted by molar-refractivity contribution is 6.04. The zero-order valence-electron chi connectivity index (χ0n) is 16.6. The van der Waals surface area contributed by atoms with E-state index in [0.29, 0.717) is 34.4 Å². The van der Waals surface area contributed by atoms with Crippen LogP contribution in [0.3, 0.4) is 0 Å². The van der Waals surface area contributed by atoms with Crippen LogP contribution in [0.2, 0.25) is 0 Å². The Labute approximate surface area is 168 Å². The van der Waals surface area contributed by atoms with Gasteiger partial charge in [0.25, 0.3) is 5.91 Å². The number of nitrogens with one attached hydrogen (secondary N) is 2. The van der Waals surface area contributed by atoms with Crippen LogP contribution in [0.4, 0.5) is 17.3 Å². The maximum Gasteiger partial charge on any atom is 0.258 e. The zero-order chi connectivity index (χ0) is 20.8. The Morgan fingerprint density at radius 1 is 0.862 bits per heavy atom. The lowest BCUT2D eigenvalue weighted by Crippen LogP contribution is -2.14. The van der Waals surface area contributed by atoms with Crippen LogP contribution in [0.15, 0.2) is 48.8 Å². The highest BCUT2D eigenvalue weighted by Crippen LogP contribution is 2.30. The molecule has 1 heterocycles. The fraction of sp³-hybridized carbons (Fsp3) is 0.190. The molecule has 0 saturated carbocycles. The molecule has 0 bridgehead atoms. The number of methoxy groups -OCH3 is 3. The SMILES string of the molecule is COc1ccc(OC)c(NC(=O)c2cnc(Nc3cc(C)ccc3OC)nc2)c1. The molecule has 1 aromatic heterocycles. The normalized spacial score (nSPS) is 10.2. The molecule has 3 rings (SSSR count). The fourth-order valence-corrected chi connectivity index (χ4v) is 2.66. The summed E-state index contributed by atoms with van der Waals surface area (Å²) >= 11 is 0. The fourth-order valence-electron chi connectivity index (χ4n) is 2.66. The lowest BCUT2D eigenvalue weighted by molar-refractivity contribution is 0.102. The molecule has 2 N–H and O–H groups in total. The van der Waals surface area contributed by atoms with Crippen LogP contribution < -0.4 is 24.8 Å². The van der Waals surface area contributed by atoms with E-state index in [1.165, 1.54) is 19.5 Å². The standard InChI is InChI=1S/C21H22N4O4/c1-13-5-7-18(28-3)16(9-13)25-21-22-11-14(12-23-21)20(26)24-17-10-15(27-2)6-8-19(17)29-4/h5-12H,1-4H3,(H,24,26)(H,22,23,25). The predicted octanol–water partition coefficient (Wildman–Crippen LogP) is 3.81. The summed E-state index contributed by atoms with van der Waals surface area (Å²) in [5, 5.41) is 5.88. The van der Waals surface area contributed by atoms with Gasteiger partial charge in [0.15, 0.2) is 0 Å². The second-order valence-electron chi connectivity index (χ2n) is 6.14. The predicted molar refractivity (Wildman–Crippen MR) is 111 cm³/mol. The van der Waals surface area contributed by atoms with Crippen molar-refractivity contribution in [1.82, 2.24) is 9.97 Å². The molecule has 0 aliphatic heterocycles. The number of amides is 1. The Balaban J connectivity index is 1.75. The Morgan fingerprint density at radius 3 is 2.17 bits per heavy atom. The molecule has 2 aromatic carbocycles. The minimum Gasteiger partial charge on any atom is -0.497 e. The average Bonchev–Trinajstić information content (AvgIpc) is 2.74. The summed E-state index contributed by atoms with van der Waals surface area (Å²) in [4.78, 5) is 21.0. The van der Waals surface area contributed by atoms with Gasteiger partial charge in [-0.2, -0.15) is 0 Å². The summed E-state index contributed by atoms with van der Waals surface area (Å²) in [5.41, 5.74) is 2.60. The van der Waals surface area contributed by atoms with Crippen molar-refractivity contribution < 1.29 is 19.0 Å². The van der Waals surface area contributed by atoms with Crippen molar-refractivity contribution >= 4 is 23.2 Å². The molecular weight excluding hydrogens is 372 g/mol. The topological polar surface area (TPSA) is 94.6 Å². The van der Waals surface area contributed by atoms with Crippen molar-refractivity contribution in [3.05, 3.63) is 59.9 Å². The van der Waals surface area contributed by atoms with Crippen molar-refractivity contribution in [2.24, 2.45) is 0 Å². The number of anilines is 3. The smallest absolute Gasteiger partial charge is 0.258 e. The minimum absolute atomic E-state index is 0.302. The zero-order valence-corrected chi connectivity index (χ0v) is 16.6. The van der Waals surface area contributed by atoms with Gasteiger partial charge in [0.2, 0.25) is 5.95 Å². The van der Waals surface area contributed by atoms with E-state index in [2.05, 4.69) is 20.6 Å². The average molecular weight is 394 g/mol. The van der Waals surface area contributed by atoms with E-state index in [9.17, 15) is 4.79 Å². The van der Waals surface area contributed by atoms with Gasteiger partial charge in [0, 0.05) is 18.5 Å². The quantitative estimate of drug-likeness (QED) is 0.629. The van der Waals surface area contributed by atoms with Gasteiger partial charge in [-0.15, -0.1) is 0 Å². The molecule has 0 atom stereocenters. The van der Waals surface area contributed by atoms with E-state index in [-0.39, 0.29) is 5.91 Å². The Morgan fingerprint density at radius 2 is 1.52 bits per heavy atom. The molecule has 3 aromatic rings. The van der Waals surface area contributed by atoms with Gasteiger partial charge in [-0.3, -0.25) is 4.79 Å². The summed E-state index contributed by atoms with van der Waals surface area (Å²) in [6, 6.07) is 10.9. The number of carbonyl (C=O) groups excluding carboxylic acids is 1. The highest BCUT2D eigenvalue weighted by atomic mass is 16.5. The van der Waals surface area contributed by atoms with Gasteiger partial charge in [-0.25, -0.2) is 9.97 Å². The van der Waals surface area contributed by atoms with E-state index in [0.717, 1.165) is 11.3 Å². The number of carbonyl (C=O) groups is 1. The first-order valence-corrected chi connectivity index (χ1v) is 8.81. The number of aromatic nitrogens is 2. The van der Waals surface area contributed by atoms with Crippen LogP contribution in [0, 0.1) is 6.92 Å². The largest absolute Gasteiger partial charge is 0.497 e. The molecule has 0 aliphatic rings. The first-order chi connectivity index (χ1) is 14.0. The molecule has 0 radical (unpaired) electrons. The lowest BCUT2D eigenvalue weighted by Gasteiger charge is -2.12. The summed E-state index contributed by atoms with van der Waals surface area (Å²) in [6.07, 6.45) is 2.89. The summed E-state index contributed by atoms with van der Waals surface area (Å²) in [7, 11) is 4.67. The van der Waals surface area contributed by atoms with Crippen LogP contribution in [0.1, 0.15) is 15.9 Å². The maximum absolute atomic E-state index is 12.6. The number of benzene rings is 2. The molecule has 8 heteroatoms. The molecule has 1 amide bonds. The number of rotatable bonds is 7. The van der Waals surface area contributed by atoms with Crippen LogP contribution >= 0.6 is 0 Å². The van der Waals surface area contributed by atoms with Crippen LogP contribution in [-0.2, 0) is 0 Å². The Bertz CT molecular complexity index is 1010. The van der Waals surface area contributed by atoms with E-state index in [1.54, 1.807) is 32.4 Å². The number of hydrogen-bond acceptors (Lipinski definition) is 7. The molecular formula is C21H22N4O4. The third-order valence-electron chi connectivity index (χ3n) is 4.17. The van der Waals surface area contributed by atoms with Crippen molar-refractivity contribution in [1.29, 1.82) is 0 Å². The lowest BCUT2D eigenvalue weighted by atomic mass is 10.2. The van der Waals surface area contributed by atoms with Crippen LogP contribution in [0.25, 0.3) is 0 Å². The van der Waals surface area contributed by atoms with Crippen molar-refractivity contribution in [2.75, 3.05) is 32.0 Å². The molecule has 0 aliphatic carbocycles. The van der Waals surface area contributed by atoms with E-state index >= 15 is 0 Å². The minimum atomic E-state index is -0.365. The van der Waals surface area contributed by atoms with Gasteiger partial charge in [0.1, 0.15) is 17.2 Å². The molecule has 8 nitrogen and oxygen atoms in total. The highest BCUT2D eigenvalue weighted by Gasteiger charge is 2.13. The second kappa shape index (κ2) is 8.92. The van der Waals surface area contributed by atoms with Crippen molar-refractivity contribution in [2.45, 2.75) is 6.92 Å². The van der Waals surface area contributed by atoms with Crippen LogP contribution in [-0.4, -0.2) is 37.2 Å². The molecule has 29 heavy (non-hydrogen) atoms. The van der Waals surface area contributed by atoms with Crippen LogP contribution in [0.5, 0.6) is 17.2 Å². The Kier molecular flexibility index (Phi) is 6.13. The second-order valence-corrected chi connectivity index (χ2v) is 6.14. The molecule has 0 saturated heterocycles. The third-order valence-corrected chi connectivity index (χ3v) is 4.17. The molecule has 0 fully saturated rings. The van der Waals surface area contributed by atoms with E-state index < -0.39 is 0 Å². The number of nitrogens with zero attached hydrogens (tertiary/aromatic N) is 2. The summed E-state index contributed by atoms with van der Waals surface area (Å²) in [6.45, 7) is 1.98. The monoisotopic (exact) mass is 394 g/mol. The van der Waals surface area contributed by atoms with Crippen molar-refractivity contribution in [3.63, 3.8) is 0 Å². The molecule has 0 unspecified atom stereocenters. The van der Waals surface area contributed by atoms with E-state index in [4.69, 9.17) is 14.2 Å². The number of hydrogen-bond donors (Lipinski definition) is 2. The maximum atomic E-state index is 12.6. The van der Waals surface area contributed by atoms with Crippen molar-refractivity contribution in [3.8, 4) is 17.2 Å². The molecule has 0 spiro atoms. The van der Waals surface area contributed by atoms with Gasteiger partial charge in [0.05, 0.1) is 38.3 Å². The summed E-state index contributed by atoms with van der Waals surface area (Å²) in [5.74, 6) is 1.78. The first kappa shape index (κ1) is 19.9. The number of ether oxygens (including phenoxy) is 3. The first-order valence-electron chi connectivity index (χ1n) is 8.81. The van der Waals surface area contributed by atoms with Gasteiger partial charge in [-0.05, 0) is 36.8 Å². The van der Waals surface area contributed by atoms with Gasteiger partial charge < -0.3 is 24.8 Å². The van der Waals surface area contributed by atoms with Gasteiger partial charge in [-0.1, -0.05) is 6.07 Å². The van der Waals surface area contributed by atoms with Gasteiger partial charge >= 0.3 is 0 Å². The Hall–Kier alpha value is -3.81. The molecule has 150 valence electrons.